The molecule has 48 valence electrons. The van der Waals surface area contributed by atoms with Gasteiger partial charge in [0.05, 0.1) is 0 Å². The van der Waals surface area contributed by atoms with Crippen LogP contribution in [-0.2, 0) is 0 Å². The van der Waals surface area contributed by atoms with Crippen molar-refractivity contribution in [2.24, 2.45) is 17.2 Å². The Morgan fingerprint density at radius 1 is 1.62 bits per heavy atom. The van der Waals surface area contributed by atoms with Crippen molar-refractivity contribution in [2.75, 3.05) is 6.54 Å². The molecule has 0 fully saturated rings. The van der Waals surface area contributed by atoms with Crippen molar-refractivity contribution >= 4 is 5.96 Å². The number of guanidine groups is 1. The zero-order chi connectivity index (χ0) is 6.99. The van der Waals surface area contributed by atoms with Gasteiger partial charge in [0.15, 0.2) is 5.96 Å². The molecule has 4 nitrogen and oxygen atoms in total. The van der Waals surface area contributed by atoms with Crippen LogP contribution in [0.5, 0.6) is 0 Å². The lowest BCUT2D eigenvalue weighted by Gasteiger charge is -1.69. The molecule has 0 aromatic rings. The van der Waals surface area contributed by atoms with E-state index in [2.05, 4.69) is 18.0 Å². The van der Waals surface area contributed by atoms with Gasteiger partial charge < -0.3 is 17.2 Å². The highest BCUT2D eigenvalue weighted by Gasteiger charge is 1.52. The molecule has 7 N–H and O–H groups in total. The largest absolute Gasteiger partial charge is 0.370 e. The number of hydrogen-bond acceptors (Lipinski definition) is 2. The topological polar surface area (TPSA) is 102 Å². The Morgan fingerprint density at radius 2 is 1.75 bits per heavy atom. The average Bonchev–Trinajstić information content (AvgIpc) is 1.65. The SMILES string of the molecule is C=CCN.N=C(N)N. The lowest BCUT2D eigenvalue weighted by Crippen LogP contribution is -2.20. The summed E-state index contributed by atoms with van der Waals surface area (Å²) in [4.78, 5) is 0. The second-order valence-electron chi connectivity index (χ2n) is 0.980. The van der Waals surface area contributed by atoms with E-state index < -0.39 is 0 Å². The van der Waals surface area contributed by atoms with Crippen molar-refractivity contribution in [3.63, 3.8) is 0 Å². The molecule has 0 bridgehead atoms. The van der Waals surface area contributed by atoms with E-state index in [9.17, 15) is 0 Å². The zero-order valence-corrected chi connectivity index (χ0v) is 4.72. The second kappa shape index (κ2) is 9.36. The van der Waals surface area contributed by atoms with E-state index in [-0.39, 0.29) is 5.96 Å². The molecule has 0 aliphatic rings. The minimum Gasteiger partial charge on any atom is -0.370 e. The van der Waals surface area contributed by atoms with Gasteiger partial charge in [0, 0.05) is 6.54 Å². The van der Waals surface area contributed by atoms with Crippen LogP contribution in [0, 0.1) is 5.41 Å². The molecule has 0 rings (SSSR count). The molecule has 0 aliphatic carbocycles. The Bertz CT molecular complexity index is 64.4. The summed E-state index contributed by atoms with van der Waals surface area (Å²) in [5.41, 5.74) is 13.9. The van der Waals surface area contributed by atoms with Gasteiger partial charge in [-0.15, -0.1) is 6.58 Å². The molecule has 0 aromatic carbocycles. The minimum absolute atomic E-state index is 0.333. The van der Waals surface area contributed by atoms with Crippen LogP contribution < -0.4 is 17.2 Å². The van der Waals surface area contributed by atoms with Crippen LogP contribution in [0.1, 0.15) is 0 Å². The molecule has 0 aliphatic heterocycles. The molecule has 0 amide bonds. The van der Waals surface area contributed by atoms with Crippen LogP contribution >= 0.6 is 0 Å². The monoisotopic (exact) mass is 116 g/mol. The van der Waals surface area contributed by atoms with Crippen molar-refractivity contribution in [3.05, 3.63) is 12.7 Å². The van der Waals surface area contributed by atoms with Crippen molar-refractivity contribution in [2.45, 2.75) is 0 Å². The molecule has 0 unspecified atom stereocenters. The standard InChI is InChI=1S/C3H7N.CH5N3/c1-2-3-4;2-1(3)4/h2H,1,3-4H2;(H5,2,3,4). The van der Waals surface area contributed by atoms with E-state index in [1.165, 1.54) is 0 Å². The average molecular weight is 116 g/mol. The van der Waals surface area contributed by atoms with Crippen molar-refractivity contribution in [1.82, 2.24) is 0 Å². The summed E-state index contributed by atoms with van der Waals surface area (Å²) in [6, 6.07) is 0. The molecular weight excluding hydrogens is 104 g/mol. The minimum atomic E-state index is -0.333. The van der Waals surface area contributed by atoms with Gasteiger partial charge in [-0.05, 0) is 0 Å². The lowest BCUT2D eigenvalue weighted by atomic mass is 10.7. The molecule has 8 heavy (non-hydrogen) atoms. The Balaban J connectivity index is 0. The zero-order valence-electron chi connectivity index (χ0n) is 4.72. The van der Waals surface area contributed by atoms with Crippen LogP contribution in [0.2, 0.25) is 0 Å². The maximum atomic E-state index is 6.06. The predicted molar refractivity (Wildman–Crippen MR) is 35.4 cm³/mol. The van der Waals surface area contributed by atoms with Crippen molar-refractivity contribution < 1.29 is 0 Å². The van der Waals surface area contributed by atoms with Gasteiger partial charge in [-0.1, -0.05) is 6.08 Å². The van der Waals surface area contributed by atoms with Gasteiger partial charge in [-0.3, -0.25) is 5.41 Å². The fourth-order valence-electron chi connectivity index (χ4n) is 0. The van der Waals surface area contributed by atoms with Crippen molar-refractivity contribution in [1.29, 1.82) is 5.41 Å². The molecule has 0 aromatic heterocycles. The van der Waals surface area contributed by atoms with E-state index in [1.54, 1.807) is 6.08 Å². The first-order valence-electron chi connectivity index (χ1n) is 2.05. The van der Waals surface area contributed by atoms with Crippen LogP contribution in [-0.4, -0.2) is 12.5 Å². The van der Waals surface area contributed by atoms with E-state index in [4.69, 9.17) is 11.1 Å². The van der Waals surface area contributed by atoms with Gasteiger partial charge in [0.25, 0.3) is 0 Å². The first-order chi connectivity index (χ1) is 3.65. The Kier molecular flexibility index (Phi) is 11.8. The molecule has 0 atom stereocenters. The maximum absolute atomic E-state index is 6.06. The third-order valence-corrected chi connectivity index (χ3v) is 0.167. The highest BCUT2D eigenvalue weighted by Crippen LogP contribution is 1.40. The summed E-state index contributed by atoms with van der Waals surface area (Å²) in [6.45, 7) is 3.94. The highest BCUT2D eigenvalue weighted by atomic mass is 14.9. The molecule has 0 saturated heterocycles. The van der Waals surface area contributed by atoms with Gasteiger partial charge in [0.1, 0.15) is 0 Å². The van der Waals surface area contributed by atoms with E-state index in [1.807, 2.05) is 0 Å². The molecule has 0 saturated carbocycles. The summed E-state index contributed by atoms with van der Waals surface area (Å²) in [5, 5.41) is 6.06. The first kappa shape index (κ1) is 10.1. The third kappa shape index (κ3) is 87000. The van der Waals surface area contributed by atoms with E-state index in [0.717, 1.165) is 0 Å². The number of nitrogens with one attached hydrogen (secondary N) is 1. The Labute approximate surface area is 48.9 Å². The second-order valence-corrected chi connectivity index (χ2v) is 0.980. The summed E-state index contributed by atoms with van der Waals surface area (Å²) in [6.07, 6.45) is 1.65. The normalized spacial score (nSPS) is 6.12. The Morgan fingerprint density at radius 3 is 1.75 bits per heavy atom. The number of nitrogens with two attached hydrogens (primary N) is 3. The van der Waals surface area contributed by atoms with Crippen LogP contribution in [0.3, 0.4) is 0 Å². The quantitative estimate of drug-likeness (QED) is 0.200. The van der Waals surface area contributed by atoms with E-state index in [0.29, 0.717) is 6.54 Å². The summed E-state index contributed by atoms with van der Waals surface area (Å²) in [5.74, 6) is -0.333. The molecule has 0 heterocycles. The summed E-state index contributed by atoms with van der Waals surface area (Å²) in [7, 11) is 0. The molecule has 4 heteroatoms. The predicted octanol–water partition coefficient (Wildman–Crippen LogP) is -1.03. The molecule has 0 spiro atoms. The summed E-state index contributed by atoms with van der Waals surface area (Å²) >= 11 is 0. The first-order valence-corrected chi connectivity index (χ1v) is 2.05. The third-order valence-electron chi connectivity index (χ3n) is 0.167. The summed E-state index contributed by atoms with van der Waals surface area (Å²) < 4.78 is 0. The lowest BCUT2D eigenvalue weighted by molar-refractivity contribution is 1.26. The Hall–Kier alpha value is -1.03. The van der Waals surface area contributed by atoms with Gasteiger partial charge in [-0.2, -0.15) is 0 Å². The van der Waals surface area contributed by atoms with Crippen LogP contribution in [0.4, 0.5) is 0 Å². The maximum Gasteiger partial charge on any atom is 0.183 e. The fourth-order valence-corrected chi connectivity index (χ4v) is 0. The number of rotatable bonds is 1. The van der Waals surface area contributed by atoms with Gasteiger partial charge in [-0.25, -0.2) is 0 Å². The molecule has 0 radical (unpaired) electrons. The van der Waals surface area contributed by atoms with E-state index >= 15 is 0 Å². The van der Waals surface area contributed by atoms with Gasteiger partial charge >= 0.3 is 0 Å². The molecular formula is C4H12N4. The number of hydrogen-bond donors (Lipinski definition) is 4. The fraction of sp³-hybridized carbons (Fsp3) is 0.250. The van der Waals surface area contributed by atoms with Crippen LogP contribution in [0.25, 0.3) is 0 Å². The highest BCUT2D eigenvalue weighted by molar-refractivity contribution is 5.71. The van der Waals surface area contributed by atoms with Gasteiger partial charge in [0.2, 0.25) is 0 Å². The van der Waals surface area contributed by atoms with Crippen LogP contribution in [0.15, 0.2) is 12.7 Å². The van der Waals surface area contributed by atoms with Crippen molar-refractivity contribution in [3.8, 4) is 0 Å². The smallest absolute Gasteiger partial charge is 0.183 e.